The first-order chi connectivity index (χ1) is 11.2. The first-order valence-corrected chi connectivity index (χ1v) is 8.49. The summed E-state index contributed by atoms with van der Waals surface area (Å²) in [5, 5.41) is 13.9. The molecule has 0 unspecified atom stereocenters. The van der Waals surface area contributed by atoms with Gasteiger partial charge in [-0.3, -0.25) is 5.32 Å². The summed E-state index contributed by atoms with van der Waals surface area (Å²) >= 11 is 1.30. The Morgan fingerprint density at radius 1 is 1.48 bits per heavy atom. The molecule has 8 heteroatoms. The van der Waals surface area contributed by atoms with E-state index < -0.39 is 0 Å². The molecule has 1 aliphatic carbocycles. The molecule has 122 valence electrons. The number of anilines is 1. The summed E-state index contributed by atoms with van der Waals surface area (Å²) in [6.07, 6.45) is 9.52. The molecule has 0 aliphatic heterocycles. The van der Waals surface area contributed by atoms with Crippen LogP contribution >= 0.6 is 11.5 Å². The number of urea groups is 1. The Hall–Kier alpha value is -2.22. The van der Waals surface area contributed by atoms with E-state index in [9.17, 15) is 4.79 Å². The van der Waals surface area contributed by atoms with Crippen LogP contribution in [-0.2, 0) is 13.1 Å². The van der Waals surface area contributed by atoms with E-state index in [0.717, 1.165) is 35.8 Å². The van der Waals surface area contributed by atoms with Gasteiger partial charge in [-0.15, -0.1) is 5.10 Å². The number of nitrogens with one attached hydrogen (secondary N) is 2. The van der Waals surface area contributed by atoms with Crippen molar-refractivity contribution in [2.75, 3.05) is 5.32 Å². The predicted molar refractivity (Wildman–Crippen MR) is 89.2 cm³/mol. The third-order valence-corrected chi connectivity index (χ3v) is 4.75. The van der Waals surface area contributed by atoms with Gasteiger partial charge in [0.1, 0.15) is 5.82 Å². The van der Waals surface area contributed by atoms with E-state index in [1.54, 1.807) is 6.20 Å². The maximum atomic E-state index is 12.1. The van der Waals surface area contributed by atoms with Crippen molar-refractivity contribution in [3.63, 3.8) is 0 Å². The van der Waals surface area contributed by atoms with E-state index in [1.165, 1.54) is 18.0 Å². The fourth-order valence-electron chi connectivity index (χ4n) is 2.59. The zero-order chi connectivity index (χ0) is 16.1. The highest BCUT2D eigenvalue weighted by Crippen LogP contribution is 2.21. The summed E-state index contributed by atoms with van der Waals surface area (Å²) in [4.78, 5) is 13.0. The van der Waals surface area contributed by atoms with Gasteiger partial charge in [0.2, 0.25) is 0 Å². The van der Waals surface area contributed by atoms with E-state index in [1.807, 2.05) is 17.7 Å². The second-order valence-corrected chi connectivity index (χ2v) is 6.48. The van der Waals surface area contributed by atoms with Crippen LogP contribution in [0.5, 0.6) is 0 Å². The Kier molecular flexibility index (Phi) is 5.02. The fraction of sp³-hybridized carbons (Fsp3) is 0.467. The third-order valence-electron chi connectivity index (χ3n) is 3.92. The number of rotatable bonds is 5. The van der Waals surface area contributed by atoms with Crippen molar-refractivity contribution < 1.29 is 4.79 Å². The van der Waals surface area contributed by atoms with Gasteiger partial charge >= 0.3 is 6.03 Å². The Bertz CT molecular complexity index is 692. The van der Waals surface area contributed by atoms with Gasteiger partial charge in [-0.1, -0.05) is 16.6 Å². The van der Waals surface area contributed by atoms with Crippen molar-refractivity contribution in [3.05, 3.63) is 35.0 Å². The van der Waals surface area contributed by atoms with Crippen LogP contribution in [0.3, 0.4) is 0 Å². The van der Waals surface area contributed by atoms with Crippen LogP contribution in [0.4, 0.5) is 10.6 Å². The number of hydrogen-bond donors (Lipinski definition) is 2. The maximum absolute atomic E-state index is 12.1. The molecule has 23 heavy (non-hydrogen) atoms. The number of carbonyl (C=O) groups is 1. The van der Waals surface area contributed by atoms with Crippen LogP contribution in [0.2, 0.25) is 0 Å². The van der Waals surface area contributed by atoms with Crippen molar-refractivity contribution in [3.8, 4) is 0 Å². The van der Waals surface area contributed by atoms with Crippen molar-refractivity contribution in [1.29, 1.82) is 0 Å². The molecule has 0 spiro atoms. The lowest BCUT2D eigenvalue weighted by molar-refractivity contribution is 0.251. The number of nitrogens with zero attached hydrogens (tertiary/aromatic N) is 4. The molecule has 0 saturated carbocycles. The Morgan fingerprint density at radius 3 is 3.13 bits per heavy atom. The lowest BCUT2D eigenvalue weighted by Gasteiger charge is -2.19. The van der Waals surface area contributed by atoms with Crippen molar-refractivity contribution >= 4 is 23.4 Å². The van der Waals surface area contributed by atoms with E-state index in [-0.39, 0.29) is 6.03 Å². The monoisotopic (exact) mass is 332 g/mol. The lowest BCUT2D eigenvalue weighted by atomic mass is 9.94. The summed E-state index contributed by atoms with van der Waals surface area (Å²) in [6, 6.07) is 1.57. The summed E-state index contributed by atoms with van der Waals surface area (Å²) in [5.41, 5.74) is 0.852. The highest BCUT2D eigenvalue weighted by molar-refractivity contribution is 7.05. The van der Waals surface area contributed by atoms with E-state index in [2.05, 4.69) is 37.5 Å². The average Bonchev–Trinajstić information content (AvgIpc) is 3.16. The molecule has 2 amide bonds. The fourth-order valence-corrected chi connectivity index (χ4v) is 3.16. The summed E-state index contributed by atoms with van der Waals surface area (Å²) in [7, 11) is 0. The quantitative estimate of drug-likeness (QED) is 0.825. The molecule has 2 N–H and O–H groups in total. The number of allylic oxidation sites excluding steroid dienone is 2. The summed E-state index contributed by atoms with van der Waals surface area (Å²) in [6.45, 7) is 3.13. The third kappa shape index (κ3) is 4.16. The van der Waals surface area contributed by atoms with Gasteiger partial charge in [-0.05, 0) is 43.6 Å². The maximum Gasteiger partial charge on any atom is 0.320 e. The normalized spacial score (nSPS) is 17.2. The standard InChI is InChI=1S/C15H20N6OS/c1-11-13(23-20-19-11)9-16-15(22)18-14-7-8-17-21(14)10-12-5-3-2-4-6-12/h2-3,7-8,12H,4-6,9-10H2,1H3,(H2,16,18,22)/t12-/m0/s1. The zero-order valence-corrected chi connectivity index (χ0v) is 13.8. The number of aryl methyl sites for hydroxylation is 1. The number of aromatic nitrogens is 4. The number of hydrogen-bond acceptors (Lipinski definition) is 5. The van der Waals surface area contributed by atoms with Gasteiger partial charge < -0.3 is 5.32 Å². The molecule has 7 nitrogen and oxygen atoms in total. The Balaban J connectivity index is 1.53. The van der Waals surface area contributed by atoms with Crippen LogP contribution in [0.1, 0.15) is 29.8 Å². The molecule has 0 bridgehead atoms. The zero-order valence-electron chi connectivity index (χ0n) is 13.0. The molecule has 3 rings (SSSR count). The van der Waals surface area contributed by atoms with Crippen LogP contribution in [0, 0.1) is 12.8 Å². The molecular weight excluding hydrogens is 312 g/mol. The van der Waals surface area contributed by atoms with Crippen LogP contribution < -0.4 is 10.6 Å². The Morgan fingerprint density at radius 2 is 2.39 bits per heavy atom. The minimum absolute atomic E-state index is 0.247. The van der Waals surface area contributed by atoms with Crippen molar-refractivity contribution in [2.45, 2.75) is 39.3 Å². The minimum Gasteiger partial charge on any atom is -0.333 e. The van der Waals surface area contributed by atoms with E-state index in [4.69, 9.17) is 0 Å². The molecule has 1 atom stereocenters. The molecule has 1 aliphatic rings. The molecule has 2 aromatic rings. The number of amides is 2. The molecule has 0 aromatic carbocycles. The molecule has 0 fully saturated rings. The summed E-state index contributed by atoms with van der Waals surface area (Å²) < 4.78 is 5.72. The average molecular weight is 332 g/mol. The van der Waals surface area contributed by atoms with Gasteiger partial charge in [0.25, 0.3) is 0 Å². The first-order valence-electron chi connectivity index (χ1n) is 7.72. The second-order valence-electron chi connectivity index (χ2n) is 5.64. The Labute approximate surface area is 139 Å². The van der Waals surface area contributed by atoms with Gasteiger partial charge in [0.05, 0.1) is 23.3 Å². The predicted octanol–water partition coefficient (Wildman–Crippen LogP) is 2.72. The smallest absolute Gasteiger partial charge is 0.320 e. The minimum atomic E-state index is -0.247. The second kappa shape index (κ2) is 7.36. The highest BCUT2D eigenvalue weighted by atomic mass is 32.1. The lowest BCUT2D eigenvalue weighted by Crippen LogP contribution is -2.29. The van der Waals surface area contributed by atoms with Crippen LogP contribution in [-0.4, -0.2) is 25.4 Å². The topological polar surface area (TPSA) is 84.7 Å². The molecule has 2 aromatic heterocycles. The van der Waals surface area contributed by atoms with Crippen molar-refractivity contribution in [2.24, 2.45) is 5.92 Å². The van der Waals surface area contributed by atoms with Gasteiger partial charge in [0.15, 0.2) is 0 Å². The van der Waals surface area contributed by atoms with Gasteiger partial charge in [-0.2, -0.15) is 5.10 Å². The van der Waals surface area contributed by atoms with Gasteiger partial charge in [0, 0.05) is 12.6 Å². The van der Waals surface area contributed by atoms with E-state index in [0.29, 0.717) is 12.5 Å². The molecule has 0 radical (unpaired) electrons. The van der Waals surface area contributed by atoms with Gasteiger partial charge in [-0.25, -0.2) is 9.48 Å². The summed E-state index contributed by atoms with van der Waals surface area (Å²) in [5.74, 6) is 1.30. The SMILES string of the molecule is Cc1nnsc1CNC(=O)Nc1ccnn1C[C@H]1CC=CCC1. The molecule has 0 saturated heterocycles. The number of carbonyl (C=O) groups excluding carboxylic acids is 1. The van der Waals surface area contributed by atoms with E-state index >= 15 is 0 Å². The molecule has 2 heterocycles. The molecular formula is C15H20N6OS. The first kappa shape index (κ1) is 15.7. The largest absolute Gasteiger partial charge is 0.333 e. The van der Waals surface area contributed by atoms with Crippen LogP contribution in [0.15, 0.2) is 24.4 Å². The highest BCUT2D eigenvalue weighted by Gasteiger charge is 2.14. The van der Waals surface area contributed by atoms with Crippen LogP contribution in [0.25, 0.3) is 0 Å². The van der Waals surface area contributed by atoms with Crippen molar-refractivity contribution in [1.82, 2.24) is 24.7 Å².